The van der Waals surface area contributed by atoms with Crippen molar-refractivity contribution in [3.63, 3.8) is 0 Å². The van der Waals surface area contributed by atoms with Gasteiger partial charge in [0.2, 0.25) is 0 Å². The first-order valence-corrected chi connectivity index (χ1v) is 2.97. The molecule has 0 N–H and O–H groups in total. The average Bonchev–Trinajstić information content (AvgIpc) is 1.91. The van der Waals surface area contributed by atoms with E-state index in [1.807, 2.05) is 0 Å². The van der Waals surface area contributed by atoms with E-state index in [2.05, 4.69) is 28.3 Å². The fourth-order valence-corrected chi connectivity index (χ4v) is 0.594. The summed E-state index contributed by atoms with van der Waals surface area (Å²) in [6.07, 6.45) is 6.16. The van der Waals surface area contributed by atoms with Crippen molar-refractivity contribution in [2.24, 2.45) is 0 Å². The van der Waals surface area contributed by atoms with E-state index in [0.717, 1.165) is 18.5 Å². The first-order valence-electron chi connectivity index (χ1n) is 2.97. The predicted molar refractivity (Wildman–Crippen MR) is 32.7 cm³/mol. The zero-order chi connectivity index (χ0) is 6.53. The number of hydrogen-bond acceptors (Lipinski definition) is 3. The van der Waals surface area contributed by atoms with E-state index in [-0.39, 0.29) is 0 Å². The van der Waals surface area contributed by atoms with Crippen molar-refractivity contribution >= 4 is 0 Å². The molecule has 3 heteroatoms. The van der Waals surface area contributed by atoms with Gasteiger partial charge in [0, 0.05) is 0 Å². The maximum absolute atomic E-state index is 3.94. The molecule has 0 aliphatic heterocycles. The summed E-state index contributed by atoms with van der Waals surface area (Å²) in [5, 5.41) is 7.08. The molecule has 1 radical (unpaired) electrons. The Morgan fingerprint density at radius 3 is 3.11 bits per heavy atom. The van der Waals surface area contributed by atoms with Gasteiger partial charge in [-0.15, -0.1) is 10.2 Å². The van der Waals surface area contributed by atoms with Gasteiger partial charge in [0.25, 0.3) is 0 Å². The molecule has 0 saturated carbocycles. The maximum Gasteiger partial charge on any atom is 0.138 e. The van der Waals surface area contributed by atoms with Gasteiger partial charge >= 0.3 is 0 Å². The van der Waals surface area contributed by atoms with Crippen LogP contribution < -0.4 is 0 Å². The molecular formula is C6H8N3. The molecule has 0 spiro atoms. The first kappa shape index (κ1) is 6.13. The Balaban J connectivity index is 2.61. The normalized spacial score (nSPS) is 9.44. The van der Waals surface area contributed by atoms with Crippen molar-refractivity contribution in [1.82, 2.24) is 15.2 Å². The third-order valence-corrected chi connectivity index (χ3v) is 0.989. The predicted octanol–water partition coefficient (Wildman–Crippen LogP) is 0.624. The standard InChI is InChI=1S/C6H8N3/c1-2-3-6-4-8-9-5-7-6/h5H,2-3H2,1H3. The molecule has 0 aliphatic carbocycles. The van der Waals surface area contributed by atoms with Crippen molar-refractivity contribution < 1.29 is 0 Å². The Bertz CT molecular complexity index is 161. The molecule has 0 saturated heterocycles. The summed E-state index contributed by atoms with van der Waals surface area (Å²) in [5.41, 5.74) is 0.896. The summed E-state index contributed by atoms with van der Waals surface area (Å²) in [6, 6.07) is 0. The van der Waals surface area contributed by atoms with Crippen LogP contribution in [0.15, 0.2) is 6.33 Å². The summed E-state index contributed by atoms with van der Waals surface area (Å²) in [6.45, 7) is 2.09. The van der Waals surface area contributed by atoms with E-state index in [1.54, 1.807) is 0 Å². The van der Waals surface area contributed by atoms with Gasteiger partial charge in [-0.3, -0.25) is 0 Å². The van der Waals surface area contributed by atoms with Crippen LogP contribution in [0, 0.1) is 6.20 Å². The molecule has 0 aliphatic rings. The molecule has 1 aromatic rings. The molecule has 1 aromatic heterocycles. The number of hydrogen-bond donors (Lipinski definition) is 0. The van der Waals surface area contributed by atoms with Crippen LogP contribution in [0.3, 0.4) is 0 Å². The lowest BCUT2D eigenvalue weighted by Crippen LogP contribution is -1.91. The van der Waals surface area contributed by atoms with Crippen LogP contribution in [0.1, 0.15) is 19.0 Å². The summed E-state index contributed by atoms with van der Waals surface area (Å²) >= 11 is 0. The molecule has 1 heterocycles. The number of aromatic nitrogens is 3. The SMILES string of the molecule is CCCc1[c]nncn1. The molecule has 0 aromatic carbocycles. The Kier molecular flexibility index (Phi) is 2.13. The topological polar surface area (TPSA) is 38.7 Å². The van der Waals surface area contributed by atoms with Gasteiger partial charge in [-0.05, 0) is 6.42 Å². The summed E-state index contributed by atoms with van der Waals surface area (Å²) in [7, 11) is 0. The highest BCUT2D eigenvalue weighted by Crippen LogP contribution is 1.91. The Hall–Kier alpha value is -0.990. The molecule has 1 rings (SSSR count). The minimum absolute atomic E-state index is 0.896. The van der Waals surface area contributed by atoms with Crippen molar-refractivity contribution in [3.8, 4) is 0 Å². The zero-order valence-electron chi connectivity index (χ0n) is 5.33. The molecule has 0 atom stereocenters. The summed E-state index contributed by atoms with van der Waals surface area (Å²) in [5.74, 6) is 0. The second-order valence-corrected chi connectivity index (χ2v) is 1.77. The fraction of sp³-hybridized carbons (Fsp3) is 0.500. The average molecular weight is 122 g/mol. The molecule has 47 valence electrons. The van der Waals surface area contributed by atoms with E-state index >= 15 is 0 Å². The smallest absolute Gasteiger partial charge is 0.138 e. The Morgan fingerprint density at radius 2 is 2.56 bits per heavy atom. The van der Waals surface area contributed by atoms with Gasteiger partial charge in [-0.1, -0.05) is 13.3 Å². The second-order valence-electron chi connectivity index (χ2n) is 1.77. The van der Waals surface area contributed by atoms with Crippen LogP contribution in [-0.2, 0) is 6.42 Å². The minimum atomic E-state index is 0.896. The highest BCUT2D eigenvalue weighted by atomic mass is 15.1. The molecule has 3 nitrogen and oxygen atoms in total. The number of aryl methyl sites for hydroxylation is 1. The molecular weight excluding hydrogens is 114 g/mol. The largest absolute Gasteiger partial charge is 0.237 e. The molecule has 0 bridgehead atoms. The third-order valence-electron chi connectivity index (χ3n) is 0.989. The number of nitrogens with zero attached hydrogens (tertiary/aromatic N) is 3. The van der Waals surface area contributed by atoms with Crippen LogP contribution in [0.25, 0.3) is 0 Å². The van der Waals surface area contributed by atoms with Crippen molar-refractivity contribution in [2.75, 3.05) is 0 Å². The van der Waals surface area contributed by atoms with Crippen LogP contribution in [0.4, 0.5) is 0 Å². The van der Waals surface area contributed by atoms with Gasteiger partial charge in [0.15, 0.2) is 0 Å². The van der Waals surface area contributed by atoms with Crippen LogP contribution in [-0.4, -0.2) is 15.2 Å². The summed E-state index contributed by atoms with van der Waals surface area (Å²) in [4.78, 5) is 3.94. The van der Waals surface area contributed by atoms with E-state index in [0.29, 0.717) is 0 Å². The lowest BCUT2D eigenvalue weighted by Gasteiger charge is -1.90. The zero-order valence-corrected chi connectivity index (χ0v) is 5.33. The highest BCUT2D eigenvalue weighted by molar-refractivity contribution is 4.88. The van der Waals surface area contributed by atoms with Crippen LogP contribution in [0.5, 0.6) is 0 Å². The fourth-order valence-electron chi connectivity index (χ4n) is 0.594. The van der Waals surface area contributed by atoms with Crippen molar-refractivity contribution in [3.05, 3.63) is 18.2 Å². The van der Waals surface area contributed by atoms with Crippen LogP contribution in [0.2, 0.25) is 0 Å². The summed E-state index contributed by atoms with van der Waals surface area (Å²) < 4.78 is 0. The lowest BCUT2D eigenvalue weighted by atomic mass is 10.3. The minimum Gasteiger partial charge on any atom is -0.237 e. The third kappa shape index (κ3) is 1.76. The Labute approximate surface area is 54.2 Å². The van der Waals surface area contributed by atoms with E-state index in [9.17, 15) is 0 Å². The van der Waals surface area contributed by atoms with Gasteiger partial charge < -0.3 is 0 Å². The van der Waals surface area contributed by atoms with Gasteiger partial charge in [0.1, 0.15) is 12.5 Å². The van der Waals surface area contributed by atoms with E-state index < -0.39 is 0 Å². The van der Waals surface area contributed by atoms with Gasteiger partial charge in [-0.25, -0.2) is 4.98 Å². The monoisotopic (exact) mass is 122 g/mol. The maximum atomic E-state index is 3.94. The van der Waals surface area contributed by atoms with Gasteiger partial charge in [0.05, 0.1) is 5.69 Å². The molecule has 0 amide bonds. The quantitative estimate of drug-likeness (QED) is 0.577. The van der Waals surface area contributed by atoms with E-state index in [1.165, 1.54) is 6.33 Å². The highest BCUT2D eigenvalue weighted by Gasteiger charge is 1.89. The first-order chi connectivity index (χ1) is 4.43. The van der Waals surface area contributed by atoms with E-state index in [4.69, 9.17) is 0 Å². The van der Waals surface area contributed by atoms with Crippen molar-refractivity contribution in [2.45, 2.75) is 19.8 Å². The Morgan fingerprint density at radius 1 is 1.67 bits per heavy atom. The molecule has 0 unspecified atom stereocenters. The molecule has 9 heavy (non-hydrogen) atoms. The van der Waals surface area contributed by atoms with Gasteiger partial charge in [-0.2, -0.15) is 0 Å². The second kappa shape index (κ2) is 3.12. The molecule has 0 fully saturated rings. The lowest BCUT2D eigenvalue weighted by molar-refractivity contribution is 0.830. The number of rotatable bonds is 2. The van der Waals surface area contributed by atoms with Crippen LogP contribution >= 0.6 is 0 Å². The van der Waals surface area contributed by atoms with Crippen molar-refractivity contribution in [1.29, 1.82) is 0 Å².